The maximum absolute atomic E-state index is 14.5. The van der Waals surface area contributed by atoms with E-state index in [2.05, 4.69) is 10.3 Å². The zero-order valence-corrected chi connectivity index (χ0v) is 24.5. The van der Waals surface area contributed by atoms with Crippen LogP contribution in [0.15, 0.2) is 30.5 Å². The first-order valence-electron chi connectivity index (χ1n) is 13.2. The van der Waals surface area contributed by atoms with E-state index in [1.165, 1.54) is 11.9 Å². The van der Waals surface area contributed by atoms with Crippen molar-refractivity contribution in [2.75, 3.05) is 33.2 Å². The van der Waals surface area contributed by atoms with E-state index in [0.29, 0.717) is 42.5 Å². The molecule has 2 aromatic rings. The van der Waals surface area contributed by atoms with Crippen molar-refractivity contribution in [2.45, 2.75) is 44.1 Å². The van der Waals surface area contributed by atoms with Gasteiger partial charge < -0.3 is 15.0 Å². The molecule has 0 bridgehead atoms. The van der Waals surface area contributed by atoms with Crippen molar-refractivity contribution in [2.24, 2.45) is 11.3 Å². The normalized spacial score (nSPS) is 24.1. The molecule has 3 heterocycles. The van der Waals surface area contributed by atoms with Crippen LogP contribution >= 0.6 is 34.8 Å². The lowest BCUT2D eigenvalue weighted by Gasteiger charge is -2.44. The number of aromatic nitrogens is 1. The number of carbonyl (C=O) groups excluding carboxylic acids is 3. The fourth-order valence-electron chi connectivity index (χ4n) is 5.88. The number of ether oxygens (including phenoxy) is 1. The Morgan fingerprint density at radius 3 is 2.48 bits per heavy atom. The molecule has 1 aromatic heterocycles. The molecule has 40 heavy (non-hydrogen) atoms. The summed E-state index contributed by atoms with van der Waals surface area (Å²) in [6.07, 6.45) is 2.78. The first-order chi connectivity index (χ1) is 19.0. The highest BCUT2D eigenvalue weighted by Crippen LogP contribution is 2.47. The molecule has 3 fully saturated rings. The molecule has 214 valence electrons. The van der Waals surface area contributed by atoms with Crippen LogP contribution < -0.4 is 10.1 Å². The fourth-order valence-corrected chi connectivity index (χ4v) is 6.33. The SMILES string of the molecule is CN(C(=O)Oc1cc(F)cnc1Cl)[C@]1(C(=O)C2CCN(C(=O)C3(C)CC3)CC2)CNC[C@H]1c1ccc(Cl)c(Cl)c1. The number of nitrogens with zero attached hydrogens (tertiary/aromatic N) is 3. The van der Waals surface area contributed by atoms with Crippen LogP contribution in [0.5, 0.6) is 5.75 Å². The minimum absolute atomic E-state index is 0.138. The van der Waals surface area contributed by atoms with E-state index in [-0.39, 0.29) is 34.6 Å². The van der Waals surface area contributed by atoms with Gasteiger partial charge in [-0.05, 0) is 43.4 Å². The van der Waals surface area contributed by atoms with E-state index in [4.69, 9.17) is 39.5 Å². The summed E-state index contributed by atoms with van der Waals surface area (Å²) in [7, 11) is 1.49. The van der Waals surface area contributed by atoms with E-state index in [9.17, 15) is 18.8 Å². The van der Waals surface area contributed by atoms with Crippen molar-refractivity contribution < 1.29 is 23.5 Å². The summed E-state index contributed by atoms with van der Waals surface area (Å²) in [5.74, 6) is -1.85. The summed E-state index contributed by atoms with van der Waals surface area (Å²) in [5, 5.41) is 3.80. The predicted molar refractivity (Wildman–Crippen MR) is 149 cm³/mol. The quantitative estimate of drug-likeness (QED) is 0.443. The summed E-state index contributed by atoms with van der Waals surface area (Å²) in [5.41, 5.74) is -0.906. The molecule has 0 unspecified atom stereocenters. The zero-order valence-electron chi connectivity index (χ0n) is 22.2. The Labute approximate surface area is 247 Å². The summed E-state index contributed by atoms with van der Waals surface area (Å²) in [4.78, 5) is 47.7. The number of pyridine rings is 1. The Balaban J connectivity index is 1.45. The molecule has 1 aromatic carbocycles. The van der Waals surface area contributed by atoms with Gasteiger partial charge in [-0.15, -0.1) is 0 Å². The van der Waals surface area contributed by atoms with E-state index in [0.717, 1.165) is 30.7 Å². The van der Waals surface area contributed by atoms with Gasteiger partial charge in [-0.2, -0.15) is 0 Å². The molecule has 5 rings (SSSR count). The van der Waals surface area contributed by atoms with E-state index < -0.39 is 29.3 Å². The molecule has 2 saturated heterocycles. The van der Waals surface area contributed by atoms with Gasteiger partial charge in [-0.1, -0.05) is 47.8 Å². The second-order valence-electron chi connectivity index (χ2n) is 11.1. The number of amides is 2. The van der Waals surface area contributed by atoms with Crippen molar-refractivity contribution in [1.29, 1.82) is 0 Å². The minimum Gasteiger partial charge on any atom is -0.407 e. The molecule has 1 aliphatic carbocycles. The molecule has 2 amide bonds. The van der Waals surface area contributed by atoms with Crippen molar-refractivity contribution in [3.8, 4) is 5.75 Å². The number of carbonyl (C=O) groups is 3. The Morgan fingerprint density at radius 1 is 1.12 bits per heavy atom. The first-order valence-corrected chi connectivity index (χ1v) is 14.4. The van der Waals surface area contributed by atoms with Gasteiger partial charge in [-0.3, -0.25) is 14.5 Å². The van der Waals surface area contributed by atoms with Crippen LogP contribution in [-0.2, 0) is 9.59 Å². The molecule has 3 aliphatic rings. The monoisotopic (exact) mass is 610 g/mol. The van der Waals surface area contributed by atoms with Crippen LogP contribution in [0.4, 0.5) is 9.18 Å². The van der Waals surface area contributed by atoms with Gasteiger partial charge >= 0.3 is 6.09 Å². The molecule has 1 saturated carbocycles. The highest BCUT2D eigenvalue weighted by atomic mass is 35.5. The Kier molecular flexibility index (Phi) is 8.05. The number of piperidine rings is 1. The smallest absolute Gasteiger partial charge is 0.407 e. The standard InChI is InChI=1S/C28H30Cl3FN4O4/c1-27(7-8-27)25(38)36-9-5-16(6-10-36)23(37)28(15-33-14-19(28)17-3-4-20(29)21(30)11-17)35(2)26(39)40-22-12-18(32)13-34-24(22)31/h3-4,11-13,16,19,33H,5-10,14-15H2,1-2H3/t19-,28+/m0/s1. The Hall–Kier alpha value is -2.46. The maximum Gasteiger partial charge on any atom is 0.415 e. The average Bonchev–Trinajstić information content (AvgIpc) is 3.54. The molecule has 2 aliphatic heterocycles. The van der Waals surface area contributed by atoms with Crippen molar-refractivity contribution in [3.05, 3.63) is 57.0 Å². The van der Waals surface area contributed by atoms with Crippen molar-refractivity contribution >= 4 is 52.6 Å². The van der Waals surface area contributed by atoms with Crippen molar-refractivity contribution in [3.63, 3.8) is 0 Å². The number of nitrogens with one attached hydrogen (secondary N) is 1. The summed E-state index contributed by atoms with van der Waals surface area (Å²) in [6, 6.07) is 6.11. The highest BCUT2D eigenvalue weighted by Gasteiger charge is 2.57. The number of halogens is 4. The zero-order chi connectivity index (χ0) is 28.8. The number of hydrogen-bond acceptors (Lipinski definition) is 6. The topological polar surface area (TPSA) is 91.8 Å². The van der Waals surface area contributed by atoms with Gasteiger partial charge in [0, 0.05) is 56.5 Å². The number of Topliss-reactive ketones (excluding diaryl/α,β-unsaturated/α-hetero) is 1. The third-order valence-electron chi connectivity index (χ3n) is 8.60. The van der Waals surface area contributed by atoms with Gasteiger partial charge in [0.05, 0.1) is 16.2 Å². The Morgan fingerprint density at radius 2 is 1.82 bits per heavy atom. The summed E-state index contributed by atoms with van der Waals surface area (Å²) < 4.78 is 19.3. The Bertz CT molecular complexity index is 1350. The molecule has 2 atom stereocenters. The number of benzene rings is 1. The minimum atomic E-state index is -1.36. The van der Waals surface area contributed by atoms with Gasteiger partial charge in [0.15, 0.2) is 16.7 Å². The van der Waals surface area contributed by atoms with Crippen LogP contribution in [0.25, 0.3) is 0 Å². The molecule has 0 radical (unpaired) electrons. The molecule has 1 N–H and O–H groups in total. The van der Waals surface area contributed by atoms with Gasteiger partial charge in [-0.25, -0.2) is 14.2 Å². The van der Waals surface area contributed by atoms with E-state index in [1.807, 2.05) is 11.8 Å². The lowest BCUT2D eigenvalue weighted by Crippen LogP contribution is -2.62. The van der Waals surface area contributed by atoms with Crippen LogP contribution in [-0.4, -0.2) is 71.3 Å². The summed E-state index contributed by atoms with van der Waals surface area (Å²) >= 11 is 18.6. The lowest BCUT2D eigenvalue weighted by atomic mass is 9.72. The second kappa shape index (κ2) is 11.1. The van der Waals surface area contributed by atoms with Gasteiger partial charge in [0.25, 0.3) is 0 Å². The summed E-state index contributed by atoms with van der Waals surface area (Å²) in [6.45, 7) is 3.48. The number of rotatable bonds is 6. The molecule has 0 spiro atoms. The number of hydrogen-bond donors (Lipinski definition) is 1. The second-order valence-corrected chi connectivity index (χ2v) is 12.3. The third kappa shape index (κ3) is 5.29. The van der Waals surface area contributed by atoms with Crippen LogP contribution in [0.2, 0.25) is 15.2 Å². The van der Waals surface area contributed by atoms with Crippen LogP contribution in [0.1, 0.15) is 44.1 Å². The predicted octanol–water partition coefficient (Wildman–Crippen LogP) is 5.35. The molecular weight excluding hydrogens is 582 g/mol. The molecule has 8 nitrogen and oxygen atoms in total. The molecular formula is C28H30Cl3FN4O4. The highest BCUT2D eigenvalue weighted by molar-refractivity contribution is 6.42. The third-order valence-corrected chi connectivity index (χ3v) is 9.63. The largest absolute Gasteiger partial charge is 0.415 e. The number of likely N-dealkylation sites (N-methyl/N-ethyl adjacent to an activating group) is 1. The number of likely N-dealkylation sites (tertiary alicyclic amines) is 1. The van der Waals surface area contributed by atoms with Gasteiger partial charge in [0.1, 0.15) is 11.4 Å². The number of ketones is 1. The van der Waals surface area contributed by atoms with Crippen LogP contribution in [0, 0.1) is 17.2 Å². The fraction of sp³-hybridized carbons (Fsp3) is 0.500. The lowest BCUT2D eigenvalue weighted by molar-refractivity contribution is -0.142. The van der Waals surface area contributed by atoms with E-state index in [1.54, 1.807) is 18.2 Å². The van der Waals surface area contributed by atoms with Crippen LogP contribution in [0.3, 0.4) is 0 Å². The first kappa shape index (κ1) is 29.0. The van der Waals surface area contributed by atoms with Gasteiger partial charge in [0.2, 0.25) is 5.91 Å². The average molecular weight is 612 g/mol. The maximum atomic E-state index is 14.5. The van der Waals surface area contributed by atoms with Crippen molar-refractivity contribution in [1.82, 2.24) is 20.1 Å². The van der Waals surface area contributed by atoms with E-state index >= 15 is 0 Å². The molecule has 12 heteroatoms.